The zero-order valence-corrected chi connectivity index (χ0v) is 19.7. The molecule has 3 aromatic carbocycles. The number of hydrogen-bond donors (Lipinski definition) is 1. The molecule has 1 N–H and O–H groups in total. The molecule has 180 valence electrons. The molecule has 0 aliphatic heterocycles. The first-order chi connectivity index (χ1) is 16.9. The number of anilines is 2. The summed E-state index contributed by atoms with van der Waals surface area (Å²) in [7, 11) is -0.794. The molecule has 10 nitrogen and oxygen atoms in total. The monoisotopic (exact) mass is 494 g/mol. The topological polar surface area (TPSA) is 124 Å². The number of methoxy groups -OCH3 is 1. The van der Waals surface area contributed by atoms with Crippen LogP contribution in [0.25, 0.3) is 11.5 Å². The second-order valence-electron chi connectivity index (χ2n) is 7.26. The van der Waals surface area contributed by atoms with Crippen LogP contribution in [-0.2, 0) is 14.8 Å². The second-order valence-corrected chi connectivity index (χ2v) is 9.23. The summed E-state index contributed by atoms with van der Waals surface area (Å²) in [6.45, 7) is -0.303. The van der Waals surface area contributed by atoms with E-state index in [-0.39, 0.29) is 23.4 Å². The molecule has 1 aromatic heterocycles. The van der Waals surface area contributed by atoms with Gasteiger partial charge in [0.25, 0.3) is 15.9 Å². The average Bonchev–Trinajstić information content (AvgIpc) is 3.36. The number of benzene rings is 3. The van der Waals surface area contributed by atoms with Gasteiger partial charge in [0.1, 0.15) is 11.5 Å². The maximum atomic E-state index is 12.9. The van der Waals surface area contributed by atoms with Crippen molar-refractivity contribution in [1.29, 1.82) is 0 Å². The highest BCUT2D eigenvalue weighted by atomic mass is 32.2. The Balaban J connectivity index is 1.33. The average molecular weight is 495 g/mol. The fourth-order valence-electron chi connectivity index (χ4n) is 3.07. The molecule has 1 amide bonds. The van der Waals surface area contributed by atoms with Crippen molar-refractivity contribution in [2.45, 2.75) is 4.90 Å². The van der Waals surface area contributed by atoms with Crippen LogP contribution in [0.2, 0.25) is 0 Å². The van der Waals surface area contributed by atoms with Crippen LogP contribution >= 0.6 is 0 Å². The summed E-state index contributed by atoms with van der Waals surface area (Å²) in [6.07, 6.45) is 0. The number of sulfonamides is 1. The van der Waals surface area contributed by atoms with Crippen molar-refractivity contribution >= 4 is 27.6 Å². The third-order valence-corrected chi connectivity index (χ3v) is 6.78. The van der Waals surface area contributed by atoms with Crippen molar-refractivity contribution in [1.82, 2.24) is 10.2 Å². The Morgan fingerprint density at radius 3 is 2.26 bits per heavy atom. The van der Waals surface area contributed by atoms with Crippen molar-refractivity contribution in [3.8, 4) is 23.0 Å². The van der Waals surface area contributed by atoms with Gasteiger partial charge in [-0.05, 0) is 60.7 Å². The van der Waals surface area contributed by atoms with Crippen molar-refractivity contribution in [3.05, 3.63) is 78.9 Å². The van der Waals surface area contributed by atoms with Gasteiger partial charge < -0.3 is 13.9 Å². The Labute approximate surface area is 202 Å². The van der Waals surface area contributed by atoms with E-state index in [1.807, 2.05) is 30.3 Å². The van der Waals surface area contributed by atoms with E-state index in [2.05, 4.69) is 15.5 Å². The highest BCUT2D eigenvalue weighted by molar-refractivity contribution is 7.92. The molecule has 0 aliphatic carbocycles. The zero-order chi connectivity index (χ0) is 24.8. The lowest BCUT2D eigenvalue weighted by molar-refractivity contribution is -0.118. The maximum absolute atomic E-state index is 12.9. The molecule has 0 spiro atoms. The molecular weight excluding hydrogens is 472 g/mol. The fourth-order valence-corrected chi connectivity index (χ4v) is 4.27. The number of nitrogens with one attached hydrogen (secondary N) is 1. The van der Waals surface area contributed by atoms with Gasteiger partial charge in [0.2, 0.25) is 5.89 Å². The highest BCUT2D eigenvalue weighted by Crippen LogP contribution is 2.25. The van der Waals surface area contributed by atoms with Gasteiger partial charge in [-0.2, -0.15) is 0 Å². The van der Waals surface area contributed by atoms with Crippen LogP contribution in [0, 0.1) is 0 Å². The molecule has 0 saturated carbocycles. The SMILES string of the molecule is COc1ccc(S(=O)(=O)N(C)c2ccc(OCC(=O)Nc3nnc(-c4ccccc4)o3)cc2)cc1. The molecule has 0 unspecified atom stereocenters. The zero-order valence-electron chi connectivity index (χ0n) is 18.9. The van der Waals surface area contributed by atoms with Gasteiger partial charge in [0.15, 0.2) is 6.61 Å². The lowest BCUT2D eigenvalue weighted by Gasteiger charge is -2.20. The normalized spacial score (nSPS) is 11.0. The predicted octanol–water partition coefficient (Wildman–Crippen LogP) is 3.59. The first-order valence-corrected chi connectivity index (χ1v) is 11.9. The van der Waals surface area contributed by atoms with Gasteiger partial charge in [0.05, 0.1) is 17.7 Å². The van der Waals surface area contributed by atoms with E-state index in [9.17, 15) is 13.2 Å². The standard InChI is InChI=1S/C24H22N4O6S/c1-28(35(30,31)21-14-12-19(32-2)13-15-21)18-8-10-20(11-9-18)33-16-22(29)25-24-27-26-23(34-24)17-6-4-3-5-7-17/h3-15H,16H2,1-2H3,(H,25,27,29). The minimum absolute atomic E-state index is 0.0434. The van der Waals surface area contributed by atoms with Crippen LogP contribution in [0.1, 0.15) is 0 Å². The van der Waals surface area contributed by atoms with Crippen LogP contribution < -0.4 is 19.1 Å². The van der Waals surface area contributed by atoms with E-state index in [0.29, 0.717) is 17.2 Å². The van der Waals surface area contributed by atoms with Crippen LogP contribution in [0.5, 0.6) is 11.5 Å². The first-order valence-electron chi connectivity index (χ1n) is 10.4. The highest BCUT2D eigenvalue weighted by Gasteiger charge is 2.21. The van der Waals surface area contributed by atoms with Gasteiger partial charge in [-0.3, -0.25) is 14.4 Å². The van der Waals surface area contributed by atoms with E-state index in [1.54, 1.807) is 36.4 Å². The number of carbonyl (C=O) groups excluding carboxylic acids is 1. The first kappa shape index (κ1) is 23.8. The Morgan fingerprint density at radius 1 is 0.943 bits per heavy atom. The van der Waals surface area contributed by atoms with Gasteiger partial charge >= 0.3 is 6.01 Å². The Bertz CT molecular complexity index is 1390. The fraction of sp³-hybridized carbons (Fsp3) is 0.125. The molecule has 0 bridgehead atoms. The molecule has 0 radical (unpaired) electrons. The van der Waals surface area contributed by atoms with Crippen molar-refractivity contribution < 1.29 is 27.1 Å². The van der Waals surface area contributed by atoms with Gasteiger partial charge in [0, 0.05) is 12.6 Å². The molecule has 0 aliphatic rings. The largest absolute Gasteiger partial charge is 0.497 e. The molecule has 35 heavy (non-hydrogen) atoms. The second kappa shape index (κ2) is 10.3. The quantitative estimate of drug-likeness (QED) is 0.374. The van der Waals surface area contributed by atoms with Gasteiger partial charge in [-0.15, -0.1) is 5.10 Å². The third-order valence-electron chi connectivity index (χ3n) is 4.98. The summed E-state index contributed by atoms with van der Waals surface area (Å²) in [5.41, 5.74) is 1.16. The van der Waals surface area contributed by atoms with Crippen LogP contribution in [-0.4, -0.2) is 45.3 Å². The summed E-state index contributed by atoms with van der Waals surface area (Å²) in [4.78, 5) is 12.3. The molecule has 0 fully saturated rings. The molecule has 0 atom stereocenters. The van der Waals surface area contributed by atoms with E-state index in [0.717, 1.165) is 9.87 Å². The van der Waals surface area contributed by atoms with Crippen molar-refractivity contribution in [2.75, 3.05) is 30.4 Å². The van der Waals surface area contributed by atoms with Crippen molar-refractivity contribution in [2.24, 2.45) is 0 Å². The molecule has 0 saturated heterocycles. The van der Waals surface area contributed by atoms with Crippen LogP contribution in [0.3, 0.4) is 0 Å². The molecule has 4 aromatic rings. The minimum Gasteiger partial charge on any atom is -0.497 e. The van der Waals surface area contributed by atoms with E-state index < -0.39 is 15.9 Å². The Kier molecular flexibility index (Phi) is 6.97. The maximum Gasteiger partial charge on any atom is 0.322 e. The third kappa shape index (κ3) is 5.58. The molecule has 1 heterocycles. The summed E-state index contributed by atoms with van der Waals surface area (Å²) in [6, 6.07) is 21.5. The van der Waals surface area contributed by atoms with Gasteiger partial charge in [-0.25, -0.2) is 8.42 Å². The number of aromatic nitrogens is 2. The predicted molar refractivity (Wildman–Crippen MR) is 129 cm³/mol. The number of nitrogens with zero attached hydrogens (tertiary/aromatic N) is 3. The number of hydrogen-bond acceptors (Lipinski definition) is 8. The summed E-state index contributed by atoms with van der Waals surface area (Å²) in [5.74, 6) is 0.741. The lowest BCUT2D eigenvalue weighted by atomic mass is 10.2. The summed E-state index contributed by atoms with van der Waals surface area (Å²) >= 11 is 0. The molecule has 4 rings (SSSR count). The lowest BCUT2D eigenvalue weighted by Crippen LogP contribution is -2.26. The number of rotatable bonds is 9. The summed E-state index contributed by atoms with van der Waals surface area (Å²) < 4.78 is 42.9. The Hall–Kier alpha value is -4.38. The minimum atomic E-state index is -3.76. The summed E-state index contributed by atoms with van der Waals surface area (Å²) in [5, 5.41) is 10.2. The van der Waals surface area contributed by atoms with E-state index in [4.69, 9.17) is 13.9 Å². The smallest absolute Gasteiger partial charge is 0.322 e. The van der Waals surface area contributed by atoms with Gasteiger partial charge in [-0.1, -0.05) is 23.3 Å². The number of amides is 1. The molecular formula is C24H22N4O6S. The van der Waals surface area contributed by atoms with Crippen LogP contribution in [0.15, 0.2) is 88.2 Å². The van der Waals surface area contributed by atoms with Crippen LogP contribution in [0.4, 0.5) is 11.7 Å². The van der Waals surface area contributed by atoms with E-state index >= 15 is 0 Å². The number of carbonyl (C=O) groups is 1. The Morgan fingerprint density at radius 2 is 1.60 bits per heavy atom. The molecule has 11 heteroatoms. The van der Waals surface area contributed by atoms with Crippen molar-refractivity contribution in [3.63, 3.8) is 0 Å². The van der Waals surface area contributed by atoms with E-state index in [1.165, 1.54) is 26.3 Å². The number of ether oxygens (including phenoxy) is 2.